The highest BCUT2D eigenvalue weighted by Crippen LogP contribution is 2.25. The van der Waals surface area contributed by atoms with Crippen molar-refractivity contribution in [2.24, 2.45) is 0 Å². The number of rotatable bonds is 0. The van der Waals surface area contributed by atoms with Gasteiger partial charge in [0, 0.05) is 16.1 Å². The lowest BCUT2D eigenvalue weighted by atomic mass is 10.1. The van der Waals surface area contributed by atoms with E-state index in [4.69, 9.17) is 5.73 Å². The van der Waals surface area contributed by atoms with Crippen LogP contribution in [-0.2, 0) is 0 Å². The molecular weight excluding hydrogens is 228 g/mol. The number of nitrogen functional groups attached to an aromatic ring is 1. The van der Waals surface area contributed by atoms with Gasteiger partial charge in [0.2, 0.25) is 0 Å². The number of anilines is 1. The lowest BCUT2D eigenvalue weighted by molar-refractivity contribution is 1.31. The first kappa shape index (κ1) is 8.51. The van der Waals surface area contributed by atoms with E-state index in [2.05, 4.69) is 27.0 Å². The van der Waals surface area contributed by atoms with Gasteiger partial charge >= 0.3 is 0 Å². The summed E-state index contributed by atoms with van der Waals surface area (Å²) < 4.78 is 1.06. The van der Waals surface area contributed by atoms with Gasteiger partial charge in [0.15, 0.2) is 0 Å². The molecular formula is C10H9BrN2. The Hall–Kier alpha value is -1.09. The molecule has 2 N–H and O–H groups in total. The Morgan fingerprint density at radius 2 is 2.08 bits per heavy atom. The van der Waals surface area contributed by atoms with Crippen LogP contribution in [0.15, 0.2) is 28.9 Å². The zero-order valence-corrected chi connectivity index (χ0v) is 8.80. The average Bonchev–Trinajstić information content (AvgIpc) is 2.12. The van der Waals surface area contributed by atoms with Gasteiger partial charge in [-0.05, 0) is 36.1 Å². The molecule has 1 aromatic heterocycles. The van der Waals surface area contributed by atoms with Crippen molar-refractivity contribution in [2.75, 3.05) is 5.73 Å². The molecule has 0 saturated carbocycles. The van der Waals surface area contributed by atoms with E-state index in [1.165, 1.54) is 0 Å². The van der Waals surface area contributed by atoms with Gasteiger partial charge in [0.25, 0.3) is 0 Å². The number of nitrogens with zero attached hydrogens (tertiary/aromatic N) is 1. The van der Waals surface area contributed by atoms with Crippen molar-refractivity contribution < 1.29 is 0 Å². The highest BCUT2D eigenvalue weighted by atomic mass is 79.9. The monoisotopic (exact) mass is 236 g/mol. The van der Waals surface area contributed by atoms with E-state index in [0.717, 1.165) is 20.8 Å². The number of benzene rings is 1. The van der Waals surface area contributed by atoms with Crippen LogP contribution in [0.3, 0.4) is 0 Å². The minimum absolute atomic E-state index is 0.591. The van der Waals surface area contributed by atoms with Crippen LogP contribution < -0.4 is 5.73 Å². The Kier molecular flexibility index (Phi) is 1.96. The van der Waals surface area contributed by atoms with Crippen LogP contribution in [0.4, 0.5) is 5.82 Å². The number of nitrogens with two attached hydrogens (primary N) is 1. The second kappa shape index (κ2) is 3.00. The van der Waals surface area contributed by atoms with Gasteiger partial charge in [-0.15, -0.1) is 0 Å². The Balaban J connectivity index is 2.92. The first-order chi connectivity index (χ1) is 6.18. The topological polar surface area (TPSA) is 38.9 Å². The minimum Gasteiger partial charge on any atom is -0.383 e. The predicted octanol–water partition coefficient (Wildman–Crippen LogP) is 2.89. The lowest BCUT2D eigenvalue weighted by Crippen LogP contribution is -1.92. The maximum Gasteiger partial charge on any atom is 0.131 e. The summed E-state index contributed by atoms with van der Waals surface area (Å²) >= 11 is 3.43. The van der Waals surface area contributed by atoms with E-state index in [9.17, 15) is 0 Å². The number of fused-ring (bicyclic) bond motifs is 1. The fourth-order valence-electron chi connectivity index (χ4n) is 1.37. The fourth-order valence-corrected chi connectivity index (χ4v) is 1.73. The molecule has 0 fully saturated rings. The van der Waals surface area contributed by atoms with E-state index in [1.54, 1.807) is 6.20 Å². The van der Waals surface area contributed by atoms with Gasteiger partial charge in [-0.1, -0.05) is 15.9 Å². The smallest absolute Gasteiger partial charge is 0.131 e. The third kappa shape index (κ3) is 1.40. The molecule has 0 bridgehead atoms. The van der Waals surface area contributed by atoms with Crippen LogP contribution in [0.25, 0.3) is 10.8 Å². The molecule has 3 heteroatoms. The summed E-state index contributed by atoms with van der Waals surface area (Å²) in [6.45, 7) is 2.03. The van der Waals surface area contributed by atoms with Gasteiger partial charge in [0.1, 0.15) is 5.82 Å². The highest BCUT2D eigenvalue weighted by molar-refractivity contribution is 9.10. The molecule has 0 radical (unpaired) electrons. The standard InChI is InChI=1S/C10H9BrN2/c1-6-5-13-10(12)8-3-2-7(11)4-9(6)8/h2-5H,1H3,(H2,12,13). The molecule has 0 aliphatic rings. The minimum atomic E-state index is 0.591. The first-order valence-corrected chi connectivity index (χ1v) is 4.78. The molecule has 0 spiro atoms. The predicted molar refractivity (Wildman–Crippen MR) is 58.6 cm³/mol. The highest BCUT2D eigenvalue weighted by Gasteiger charge is 2.01. The van der Waals surface area contributed by atoms with Crippen LogP contribution >= 0.6 is 15.9 Å². The van der Waals surface area contributed by atoms with Crippen LogP contribution in [0.5, 0.6) is 0 Å². The summed E-state index contributed by atoms with van der Waals surface area (Å²) in [4.78, 5) is 4.10. The van der Waals surface area contributed by atoms with Crippen molar-refractivity contribution in [2.45, 2.75) is 6.92 Å². The van der Waals surface area contributed by atoms with Crippen molar-refractivity contribution in [3.05, 3.63) is 34.4 Å². The molecule has 66 valence electrons. The van der Waals surface area contributed by atoms with Crippen molar-refractivity contribution in [1.82, 2.24) is 4.98 Å². The second-order valence-electron chi connectivity index (χ2n) is 3.02. The maximum atomic E-state index is 5.75. The summed E-state index contributed by atoms with van der Waals surface area (Å²) in [5.41, 5.74) is 6.89. The lowest BCUT2D eigenvalue weighted by Gasteiger charge is -2.04. The van der Waals surface area contributed by atoms with Crippen LogP contribution in [0, 0.1) is 6.92 Å². The summed E-state index contributed by atoms with van der Waals surface area (Å²) in [6.07, 6.45) is 1.80. The van der Waals surface area contributed by atoms with Crippen molar-refractivity contribution >= 4 is 32.5 Å². The zero-order chi connectivity index (χ0) is 9.42. The molecule has 0 saturated heterocycles. The van der Waals surface area contributed by atoms with E-state index < -0.39 is 0 Å². The van der Waals surface area contributed by atoms with Gasteiger partial charge < -0.3 is 5.73 Å². The first-order valence-electron chi connectivity index (χ1n) is 3.99. The summed E-state index contributed by atoms with van der Waals surface area (Å²) in [7, 11) is 0. The van der Waals surface area contributed by atoms with Gasteiger partial charge in [0.05, 0.1) is 0 Å². The van der Waals surface area contributed by atoms with Gasteiger partial charge in [-0.25, -0.2) is 4.98 Å². The molecule has 2 nitrogen and oxygen atoms in total. The fraction of sp³-hybridized carbons (Fsp3) is 0.100. The largest absolute Gasteiger partial charge is 0.383 e. The summed E-state index contributed by atoms with van der Waals surface area (Å²) in [5, 5.41) is 2.17. The molecule has 0 atom stereocenters. The average molecular weight is 237 g/mol. The number of halogens is 1. The number of hydrogen-bond acceptors (Lipinski definition) is 2. The third-order valence-electron chi connectivity index (χ3n) is 2.08. The van der Waals surface area contributed by atoms with E-state index in [-0.39, 0.29) is 0 Å². The SMILES string of the molecule is Cc1cnc(N)c2ccc(Br)cc12. The molecule has 1 aromatic carbocycles. The molecule has 2 rings (SSSR count). The molecule has 13 heavy (non-hydrogen) atoms. The quantitative estimate of drug-likeness (QED) is 0.765. The van der Waals surface area contributed by atoms with E-state index >= 15 is 0 Å². The normalized spacial score (nSPS) is 10.6. The summed E-state index contributed by atoms with van der Waals surface area (Å²) in [6, 6.07) is 6.01. The Bertz CT molecular complexity index is 466. The summed E-state index contributed by atoms with van der Waals surface area (Å²) in [5.74, 6) is 0.591. The maximum absolute atomic E-state index is 5.75. The van der Waals surface area contributed by atoms with Crippen molar-refractivity contribution in [1.29, 1.82) is 0 Å². The molecule has 0 aliphatic heterocycles. The Labute approximate surface area is 84.9 Å². The number of aromatic nitrogens is 1. The van der Waals surface area contributed by atoms with Crippen LogP contribution in [-0.4, -0.2) is 4.98 Å². The van der Waals surface area contributed by atoms with E-state index in [1.807, 2.05) is 19.1 Å². The third-order valence-corrected chi connectivity index (χ3v) is 2.57. The Morgan fingerprint density at radius 3 is 2.85 bits per heavy atom. The molecule has 1 heterocycles. The van der Waals surface area contributed by atoms with Crippen molar-refractivity contribution in [3.8, 4) is 0 Å². The second-order valence-corrected chi connectivity index (χ2v) is 3.93. The van der Waals surface area contributed by atoms with Crippen LogP contribution in [0.2, 0.25) is 0 Å². The van der Waals surface area contributed by atoms with E-state index in [0.29, 0.717) is 5.82 Å². The molecule has 2 aromatic rings. The Morgan fingerprint density at radius 1 is 1.31 bits per heavy atom. The van der Waals surface area contributed by atoms with Gasteiger partial charge in [-0.3, -0.25) is 0 Å². The van der Waals surface area contributed by atoms with Crippen molar-refractivity contribution in [3.63, 3.8) is 0 Å². The van der Waals surface area contributed by atoms with Crippen LogP contribution in [0.1, 0.15) is 5.56 Å². The number of aryl methyl sites for hydroxylation is 1. The number of hydrogen-bond donors (Lipinski definition) is 1. The number of pyridine rings is 1. The van der Waals surface area contributed by atoms with Gasteiger partial charge in [-0.2, -0.15) is 0 Å². The molecule has 0 amide bonds. The molecule has 0 aliphatic carbocycles. The zero-order valence-electron chi connectivity index (χ0n) is 7.21. The molecule has 0 unspecified atom stereocenters.